The molecule has 2 aromatic heterocycles. The van der Waals surface area contributed by atoms with Gasteiger partial charge in [-0.25, -0.2) is 4.98 Å². The van der Waals surface area contributed by atoms with Gasteiger partial charge in [0.25, 0.3) is 5.56 Å². The van der Waals surface area contributed by atoms with Gasteiger partial charge in [-0.3, -0.25) is 14.2 Å². The Kier molecular flexibility index (Phi) is 6.48. The van der Waals surface area contributed by atoms with E-state index in [4.69, 9.17) is 4.98 Å². The topological polar surface area (TPSA) is 64.0 Å². The highest BCUT2D eigenvalue weighted by Gasteiger charge is 2.17. The number of aromatic nitrogens is 2. The summed E-state index contributed by atoms with van der Waals surface area (Å²) in [5.41, 5.74) is 5.41. The van der Waals surface area contributed by atoms with Gasteiger partial charge in [0.15, 0.2) is 5.16 Å². The Hall–Kier alpha value is -2.90. The number of hydrogen-bond donors (Lipinski definition) is 1. The predicted molar refractivity (Wildman–Crippen MR) is 135 cm³/mol. The van der Waals surface area contributed by atoms with E-state index in [1.165, 1.54) is 28.7 Å². The fourth-order valence-corrected chi connectivity index (χ4v) is 5.05. The van der Waals surface area contributed by atoms with Gasteiger partial charge in [0, 0.05) is 5.69 Å². The van der Waals surface area contributed by atoms with Crippen LogP contribution in [0.15, 0.2) is 63.9 Å². The van der Waals surface area contributed by atoms with Gasteiger partial charge in [-0.1, -0.05) is 49.9 Å². The second-order valence-electron chi connectivity index (χ2n) is 8.01. The van der Waals surface area contributed by atoms with E-state index >= 15 is 0 Å². The Bertz CT molecular complexity index is 1360. The lowest BCUT2D eigenvalue weighted by Gasteiger charge is -2.15. The number of nitrogens with one attached hydrogen (secondary N) is 1. The first-order valence-corrected chi connectivity index (χ1v) is 12.3. The van der Waals surface area contributed by atoms with Gasteiger partial charge < -0.3 is 5.32 Å². The number of carbonyl (C=O) groups excluding carboxylic acids is 1. The molecule has 2 aromatic carbocycles. The molecule has 0 saturated carbocycles. The molecule has 0 atom stereocenters. The summed E-state index contributed by atoms with van der Waals surface area (Å²) in [5, 5.41) is 5.35. The number of aryl methyl sites for hydroxylation is 1. The number of fused-ring (bicyclic) bond motifs is 1. The van der Waals surface area contributed by atoms with Crippen LogP contribution in [0.2, 0.25) is 0 Å². The summed E-state index contributed by atoms with van der Waals surface area (Å²) in [7, 11) is 0. The van der Waals surface area contributed by atoms with Crippen molar-refractivity contribution in [3.05, 3.63) is 81.0 Å². The van der Waals surface area contributed by atoms with Crippen LogP contribution in [0.3, 0.4) is 0 Å². The van der Waals surface area contributed by atoms with E-state index in [2.05, 4.69) is 25.2 Å². The molecular formula is C25H25N3O2S2. The van der Waals surface area contributed by atoms with Gasteiger partial charge in [-0.05, 0) is 66.1 Å². The third kappa shape index (κ3) is 4.49. The van der Waals surface area contributed by atoms with E-state index in [1.54, 1.807) is 4.57 Å². The third-order valence-corrected chi connectivity index (χ3v) is 7.27. The van der Waals surface area contributed by atoms with E-state index in [-0.39, 0.29) is 17.2 Å². The summed E-state index contributed by atoms with van der Waals surface area (Å²) in [6.45, 7) is 8.26. The summed E-state index contributed by atoms with van der Waals surface area (Å²) in [6.07, 6.45) is 0. The molecule has 0 aliphatic rings. The number of anilines is 1. The monoisotopic (exact) mass is 463 g/mol. The van der Waals surface area contributed by atoms with Crippen LogP contribution in [0.1, 0.15) is 36.5 Å². The lowest BCUT2D eigenvalue weighted by Crippen LogP contribution is -2.23. The zero-order chi connectivity index (χ0) is 22.8. The Balaban J connectivity index is 1.64. The number of amides is 1. The maximum absolute atomic E-state index is 13.3. The molecule has 32 heavy (non-hydrogen) atoms. The van der Waals surface area contributed by atoms with Gasteiger partial charge in [0.1, 0.15) is 4.70 Å². The SMILES string of the molecule is Cc1cccc(-n2c(SCC(=O)Nc3cccc(C(C)C)c3)nc3ccsc3c2=O)c1C. The average Bonchev–Trinajstić information content (AvgIpc) is 3.24. The first kappa shape index (κ1) is 22.3. The van der Waals surface area contributed by atoms with Crippen LogP contribution in [0.4, 0.5) is 5.69 Å². The van der Waals surface area contributed by atoms with E-state index < -0.39 is 0 Å². The fraction of sp³-hybridized carbons (Fsp3) is 0.240. The van der Waals surface area contributed by atoms with Crippen molar-refractivity contribution in [2.45, 2.75) is 38.8 Å². The molecule has 7 heteroatoms. The molecule has 1 N–H and O–H groups in total. The lowest BCUT2D eigenvalue weighted by molar-refractivity contribution is -0.113. The number of thiophene rings is 1. The maximum atomic E-state index is 13.3. The normalized spacial score (nSPS) is 11.3. The Morgan fingerprint density at radius 1 is 1.16 bits per heavy atom. The summed E-state index contributed by atoms with van der Waals surface area (Å²) in [6, 6.07) is 15.6. The smallest absolute Gasteiger partial charge is 0.276 e. The van der Waals surface area contributed by atoms with E-state index in [9.17, 15) is 9.59 Å². The van der Waals surface area contributed by atoms with Crippen LogP contribution in [0.5, 0.6) is 0 Å². The first-order valence-electron chi connectivity index (χ1n) is 10.4. The van der Waals surface area contributed by atoms with Gasteiger partial charge >= 0.3 is 0 Å². The third-order valence-electron chi connectivity index (χ3n) is 5.44. The van der Waals surface area contributed by atoms with Crippen LogP contribution >= 0.6 is 23.1 Å². The standard InChI is InChI=1S/C25H25N3O2S2/c1-15(2)18-8-6-9-19(13-18)26-22(29)14-32-25-27-20-11-12-31-23(20)24(30)28(25)21-10-5-7-16(3)17(21)4/h5-13,15H,14H2,1-4H3,(H,26,29). The zero-order valence-corrected chi connectivity index (χ0v) is 20.1. The number of hydrogen-bond acceptors (Lipinski definition) is 5. The van der Waals surface area contributed by atoms with Crippen LogP contribution in [0, 0.1) is 13.8 Å². The molecule has 5 nitrogen and oxygen atoms in total. The summed E-state index contributed by atoms with van der Waals surface area (Å²) in [4.78, 5) is 30.7. The van der Waals surface area contributed by atoms with Crippen molar-refractivity contribution in [1.29, 1.82) is 0 Å². The molecule has 164 valence electrons. The quantitative estimate of drug-likeness (QED) is 0.285. The first-order chi connectivity index (χ1) is 15.3. The molecule has 0 radical (unpaired) electrons. The predicted octanol–water partition coefficient (Wildman–Crippen LogP) is 5.92. The summed E-state index contributed by atoms with van der Waals surface area (Å²) >= 11 is 2.66. The van der Waals surface area contributed by atoms with Crippen molar-refractivity contribution >= 4 is 44.9 Å². The summed E-state index contributed by atoms with van der Waals surface area (Å²) in [5.74, 6) is 0.400. The number of rotatable bonds is 6. The molecule has 0 spiro atoms. The molecule has 4 rings (SSSR count). The highest BCUT2D eigenvalue weighted by molar-refractivity contribution is 7.99. The van der Waals surface area contributed by atoms with Crippen molar-refractivity contribution < 1.29 is 4.79 Å². The molecule has 0 saturated heterocycles. The Morgan fingerprint density at radius 2 is 1.94 bits per heavy atom. The van der Waals surface area contributed by atoms with Gasteiger partial charge in [-0.2, -0.15) is 0 Å². The average molecular weight is 464 g/mol. The van der Waals surface area contributed by atoms with E-state index in [0.29, 0.717) is 21.3 Å². The highest BCUT2D eigenvalue weighted by Crippen LogP contribution is 2.26. The molecule has 2 heterocycles. The van der Waals surface area contributed by atoms with Crippen LogP contribution in [-0.4, -0.2) is 21.2 Å². The molecule has 0 bridgehead atoms. The molecular weight excluding hydrogens is 438 g/mol. The molecule has 0 aliphatic carbocycles. The van der Waals surface area contributed by atoms with Crippen molar-refractivity contribution in [1.82, 2.24) is 9.55 Å². The number of thioether (sulfide) groups is 1. The number of benzene rings is 2. The van der Waals surface area contributed by atoms with Crippen molar-refractivity contribution in [3.8, 4) is 5.69 Å². The van der Waals surface area contributed by atoms with E-state index in [0.717, 1.165) is 22.5 Å². The molecule has 1 amide bonds. The second-order valence-corrected chi connectivity index (χ2v) is 9.86. The van der Waals surface area contributed by atoms with E-state index in [1.807, 2.05) is 61.7 Å². The maximum Gasteiger partial charge on any atom is 0.276 e. The lowest BCUT2D eigenvalue weighted by atomic mass is 10.0. The van der Waals surface area contributed by atoms with Crippen molar-refractivity contribution in [2.75, 3.05) is 11.1 Å². The minimum atomic E-state index is -0.136. The number of carbonyl (C=O) groups is 1. The fourth-order valence-electron chi connectivity index (χ4n) is 3.48. The van der Waals surface area contributed by atoms with Crippen molar-refractivity contribution in [3.63, 3.8) is 0 Å². The zero-order valence-electron chi connectivity index (χ0n) is 18.5. The second kappa shape index (κ2) is 9.30. The minimum absolute atomic E-state index is 0.105. The Labute approximate surface area is 195 Å². The van der Waals surface area contributed by atoms with Gasteiger partial charge in [-0.15, -0.1) is 11.3 Å². The molecule has 4 aromatic rings. The molecule has 0 aliphatic heterocycles. The number of nitrogens with zero attached hydrogens (tertiary/aromatic N) is 2. The highest BCUT2D eigenvalue weighted by atomic mass is 32.2. The van der Waals surface area contributed by atoms with Crippen LogP contribution in [0.25, 0.3) is 15.9 Å². The molecule has 0 fully saturated rings. The van der Waals surface area contributed by atoms with Crippen LogP contribution < -0.4 is 10.9 Å². The molecule has 0 unspecified atom stereocenters. The minimum Gasteiger partial charge on any atom is -0.325 e. The van der Waals surface area contributed by atoms with Gasteiger partial charge in [0.05, 0.1) is 17.0 Å². The van der Waals surface area contributed by atoms with Gasteiger partial charge in [0.2, 0.25) is 5.91 Å². The van der Waals surface area contributed by atoms with Crippen molar-refractivity contribution in [2.24, 2.45) is 0 Å². The Morgan fingerprint density at radius 3 is 2.72 bits per heavy atom. The summed E-state index contributed by atoms with van der Waals surface area (Å²) < 4.78 is 2.25. The largest absolute Gasteiger partial charge is 0.325 e. The van der Waals surface area contributed by atoms with Crippen LogP contribution in [-0.2, 0) is 4.79 Å².